The van der Waals surface area contributed by atoms with Gasteiger partial charge in [-0.25, -0.2) is 17.9 Å². The van der Waals surface area contributed by atoms with Gasteiger partial charge in [-0.15, -0.1) is 0 Å². The van der Waals surface area contributed by atoms with Crippen LogP contribution in [0.3, 0.4) is 0 Å². The zero-order valence-corrected chi connectivity index (χ0v) is 18.5. The lowest BCUT2D eigenvalue weighted by atomic mass is 10.1. The second-order valence-corrected chi connectivity index (χ2v) is 10.4. The van der Waals surface area contributed by atoms with E-state index in [1.165, 1.54) is 23.2 Å². The Morgan fingerprint density at radius 2 is 1.84 bits per heavy atom. The van der Waals surface area contributed by atoms with E-state index in [9.17, 15) is 8.42 Å². The van der Waals surface area contributed by atoms with Gasteiger partial charge in [-0.2, -0.15) is 5.10 Å². The molecule has 0 unspecified atom stereocenters. The molecule has 0 amide bonds. The molecule has 0 fully saturated rings. The smallest absolute Gasteiger partial charge is 0.213 e. The number of rotatable bonds is 5. The highest BCUT2D eigenvalue weighted by Crippen LogP contribution is 2.28. The first-order valence-corrected chi connectivity index (χ1v) is 12.5. The van der Waals surface area contributed by atoms with E-state index in [1.807, 2.05) is 12.3 Å². The van der Waals surface area contributed by atoms with Gasteiger partial charge in [0.1, 0.15) is 5.01 Å². The van der Waals surface area contributed by atoms with Crippen LogP contribution in [0.2, 0.25) is 0 Å². The van der Waals surface area contributed by atoms with Crippen LogP contribution in [0, 0.1) is 0 Å². The van der Waals surface area contributed by atoms with Crippen molar-refractivity contribution in [2.75, 3.05) is 12.8 Å². The highest BCUT2D eigenvalue weighted by molar-refractivity contribution is 7.90. The lowest BCUT2D eigenvalue weighted by Gasteiger charge is -2.22. The van der Waals surface area contributed by atoms with Crippen molar-refractivity contribution >= 4 is 31.7 Å². The van der Waals surface area contributed by atoms with Gasteiger partial charge in [0.2, 0.25) is 4.96 Å². The van der Waals surface area contributed by atoms with Crippen LogP contribution in [0.1, 0.15) is 10.6 Å². The molecule has 0 spiro atoms. The van der Waals surface area contributed by atoms with Crippen LogP contribution in [0.15, 0.2) is 84.0 Å². The summed E-state index contributed by atoms with van der Waals surface area (Å²) < 4.78 is 25.1. The van der Waals surface area contributed by atoms with E-state index in [2.05, 4.69) is 57.6 Å². The molecule has 5 rings (SSSR count). The molecule has 0 saturated heterocycles. The van der Waals surface area contributed by atoms with E-state index in [-0.39, 0.29) is 0 Å². The fourth-order valence-electron chi connectivity index (χ4n) is 3.45. The first kappa shape index (κ1) is 19.7. The number of fused-ring (bicyclic) bond motifs is 1. The van der Waals surface area contributed by atoms with Crippen molar-refractivity contribution in [2.24, 2.45) is 0 Å². The summed E-state index contributed by atoms with van der Waals surface area (Å²) in [6, 6.07) is 17.2. The molecule has 0 N–H and O–H groups in total. The third kappa shape index (κ3) is 4.17. The summed E-state index contributed by atoms with van der Waals surface area (Å²) in [5.41, 5.74) is 4.01. The molecule has 6 nitrogen and oxygen atoms in total. The lowest BCUT2D eigenvalue weighted by Crippen LogP contribution is -2.19. The summed E-state index contributed by atoms with van der Waals surface area (Å²) in [5, 5.41) is 5.61. The predicted molar refractivity (Wildman–Crippen MR) is 123 cm³/mol. The Kier molecular flexibility index (Phi) is 4.95. The summed E-state index contributed by atoms with van der Waals surface area (Å²) in [7, 11) is -3.21. The van der Waals surface area contributed by atoms with Gasteiger partial charge in [-0.1, -0.05) is 59.9 Å². The second-order valence-electron chi connectivity index (χ2n) is 7.45. The Morgan fingerprint density at radius 3 is 2.48 bits per heavy atom. The van der Waals surface area contributed by atoms with E-state index >= 15 is 0 Å². The van der Waals surface area contributed by atoms with Crippen LogP contribution in [-0.4, -0.2) is 40.7 Å². The average Bonchev–Trinajstić information content (AvgIpc) is 3.34. The molecule has 2 aromatic heterocycles. The quantitative estimate of drug-likeness (QED) is 0.456. The molecule has 1 aliphatic rings. The molecule has 0 aliphatic carbocycles. The van der Waals surface area contributed by atoms with Crippen LogP contribution in [-0.2, 0) is 16.4 Å². The summed E-state index contributed by atoms with van der Waals surface area (Å²) in [5.74, 6) is 0. The van der Waals surface area contributed by atoms with E-state index in [0.29, 0.717) is 4.90 Å². The monoisotopic (exact) mass is 448 g/mol. The third-order valence-electron chi connectivity index (χ3n) is 5.11. The second kappa shape index (κ2) is 7.79. The van der Waals surface area contributed by atoms with Gasteiger partial charge in [-0.3, -0.25) is 0 Å². The van der Waals surface area contributed by atoms with Gasteiger partial charge in [0, 0.05) is 36.7 Å². The molecule has 3 heterocycles. The van der Waals surface area contributed by atoms with Gasteiger partial charge in [0.25, 0.3) is 0 Å². The Bertz CT molecular complexity index is 1370. The molecule has 0 radical (unpaired) electrons. The minimum Gasteiger partial charge on any atom is -0.369 e. The third-order valence-corrected chi connectivity index (χ3v) is 7.21. The highest BCUT2D eigenvalue weighted by Gasteiger charge is 2.15. The standard InChI is InChI=1S/C23H20N4O2S2/c1-31(28,29)20-9-7-18(8-10-20)21-16-27-23(24-21)30-22(25-27)19-11-13-26(14-12-19)15-17-5-3-2-4-6-17/h2-13,16H,14-15H2,1H3. The normalized spacial score (nSPS) is 14.2. The van der Waals surface area contributed by atoms with Crippen LogP contribution in [0.5, 0.6) is 0 Å². The fraction of sp³-hybridized carbons (Fsp3) is 0.130. The topological polar surface area (TPSA) is 67.6 Å². The van der Waals surface area contributed by atoms with Crippen molar-refractivity contribution in [3.8, 4) is 11.3 Å². The molecular formula is C23H20N4O2S2. The predicted octanol–water partition coefficient (Wildman–Crippen LogP) is 4.27. The zero-order valence-electron chi connectivity index (χ0n) is 16.8. The summed E-state index contributed by atoms with van der Waals surface area (Å²) in [6.45, 7) is 1.71. The highest BCUT2D eigenvalue weighted by atomic mass is 32.2. The molecule has 156 valence electrons. The van der Waals surface area contributed by atoms with E-state index in [0.717, 1.165) is 39.9 Å². The Labute approximate surface area is 184 Å². The van der Waals surface area contributed by atoms with Crippen LogP contribution in [0.4, 0.5) is 0 Å². The van der Waals surface area contributed by atoms with Crippen LogP contribution < -0.4 is 0 Å². The zero-order chi connectivity index (χ0) is 21.4. The first-order chi connectivity index (χ1) is 15.0. The van der Waals surface area contributed by atoms with Gasteiger partial charge < -0.3 is 4.90 Å². The van der Waals surface area contributed by atoms with Crippen LogP contribution >= 0.6 is 11.3 Å². The van der Waals surface area contributed by atoms with Gasteiger partial charge in [0.05, 0.1) is 16.8 Å². The molecule has 2 aromatic carbocycles. The number of hydrogen-bond donors (Lipinski definition) is 0. The van der Waals surface area contributed by atoms with Crippen molar-refractivity contribution in [3.63, 3.8) is 0 Å². The summed E-state index contributed by atoms with van der Waals surface area (Å²) in [6.07, 6.45) is 9.47. The van der Waals surface area contributed by atoms with E-state index < -0.39 is 9.84 Å². The molecule has 0 saturated carbocycles. The maximum atomic E-state index is 11.6. The minimum absolute atomic E-state index is 0.301. The maximum Gasteiger partial charge on any atom is 0.213 e. The Hall–Kier alpha value is -3.23. The molecule has 0 bridgehead atoms. The van der Waals surface area contributed by atoms with Crippen molar-refractivity contribution in [2.45, 2.75) is 11.4 Å². The maximum absolute atomic E-state index is 11.6. The van der Waals surface area contributed by atoms with Crippen molar-refractivity contribution in [1.82, 2.24) is 19.5 Å². The number of aromatic nitrogens is 3. The summed E-state index contributed by atoms with van der Waals surface area (Å²) in [4.78, 5) is 8.03. The SMILES string of the molecule is CS(=O)(=O)c1ccc(-c2cn3nc(C4=CCN(Cc5ccccc5)C=C4)sc3n2)cc1. The van der Waals surface area contributed by atoms with Crippen molar-refractivity contribution in [3.05, 3.63) is 89.7 Å². The lowest BCUT2D eigenvalue weighted by molar-refractivity contribution is 0.406. The Morgan fingerprint density at radius 1 is 1.06 bits per heavy atom. The van der Waals surface area contributed by atoms with Crippen LogP contribution in [0.25, 0.3) is 21.8 Å². The summed E-state index contributed by atoms with van der Waals surface area (Å²) >= 11 is 1.54. The molecular weight excluding hydrogens is 428 g/mol. The number of sulfone groups is 1. The molecule has 0 atom stereocenters. The Balaban J connectivity index is 1.32. The largest absolute Gasteiger partial charge is 0.369 e. The van der Waals surface area contributed by atoms with Crippen molar-refractivity contribution in [1.29, 1.82) is 0 Å². The molecule has 4 aromatic rings. The number of benzene rings is 2. The fourth-order valence-corrected chi connectivity index (χ4v) is 4.99. The number of hydrogen-bond acceptors (Lipinski definition) is 6. The van der Waals surface area contributed by atoms with Gasteiger partial charge >= 0.3 is 0 Å². The number of allylic oxidation sites excluding steroid dienone is 2. The number of nitrogens with zero attached hydrogens (tertiary/aromatic N) is 4. The van der Waals surface area contributed by atoms with E-state index in [1.54, 1.807) is 28.8 Å². The molecule has 1 aliphatic heterocycles. The average molecular weight is 449 g/mol. The van der Waals surface area contributed by atoms with E-state index in [4.69, 9.17) is 0 Å². The molecule has 31 heavy (non-hydrogen) atoms. The van der Waals surface area contributed by atoms with Crippen molar-refractivity contribution < 1.29 is 8.42 Å². The number of imidazole rings is 1. The van der Waals surface area contributed by atoms with Gasteiger partial charge in [-0.05, 0) is 23.8 Å². The first-order valence-electron chi connectivity index (χ1n) is 9.79. The molecule has 8 heteroatoms. The minimum atomic E-state index is -3.21. The van der Waals surface area contributed by atoms with Gasteiger partial charge in [0.15, 0.2) is 9.84 Å².